The van der Waals surface area contributed by atoms with Crippen LogP contribution in [-0.4, -0.2) is 31.6 Å². The number of benzene rings is 2. The van der Waals surface area contributed by atoms with Crippen LogP contribution in [-0.2, 0) is 0 Å². The van der Waals surface area contributed by atoms with Crippen molar-refractivity contribution >= 4 is 24.3 Å². The molecule has 0 radical (unpaired) electrons. The smallest absolute Gasteiger partial charge is 0.161 e. The van der Waals surface area contributed by atoms with Crippen LogP contribution in [0.25, 0.3) is 24.3 Å². The van der Waals surface area contributed by atoms with Crippen LogP contribution in [0, 0.1) is 0 Å². The zero-order valence-corrected chi connectivity index (χ0v) is 36.6. The van der Waals surface area contributed by atoms with E-state index in [1.54, 1.807) is 0 Å². The molecule has 1 aromatic heterocycles. The van der Waals surface area contributed by atoms with E-state index in [2.05, 4.69) is 63.2 Å². The lowest BCUT2D eigenvalue weighted by Gasteiger charge is -2.14. The SMILES string of the molecule is CCCCCCCCOc1ccc(/C=C/c2cc(/C=C/c3ccc(OCCCCCCCC)c(OCCCCCCCC)c3)on2)cc1OCCCCCCCC. The van der Waals surface area contributed by atoms with Gasteiger partial charge in [-0.25, -0.2) is 0 Å². The van der Waals surface area contributed by atoms with Gasteiger partial charge in [0.05, 0.1) is 26.4 Å². The third-order valence-corrected chi connectivity index (χ3v) is 10.4. The molecule has 3 rings (SSSR count). The van der Waals surface area contributed by atoms with E-state index in [4.69, 9.17) is 23.5 Å². The van der Waals surface area contributed by atoms with Gasteiger partial charge in [0.2, 0.25) is 0 Å². The molecule has 0 saturated carbocycles. The highest BCUT2D eigenvalue weighted by Gasteiger charge is 2.09. The lowest BCUT2D eigenvalue weighted by Crippen LogP contribution is -2.03. The van der Waals surface area contributed by atoms with Gasteiger partial charge in [0.15, 0.2) is 28.8 Å². The van der Waals surface area contributed by atoms with E-state index in [9.17, 15) is 0 Å². The van der Waals surface area contributed by atoms with Crippen LogP contribution in [0.15, 0.2) is 47.0 Å². The molecule has 3 aromatic rings. The summed E-state index contributed by atoms with van der Waals surface area (Å²) in [6.45, 7) is 11.9. The number of hydrogen-bond acceptors (Lipinski definition) is 6. The van der Waals surface area contributed by atoms with E-state index in [0.29, 0.717) is 32.2 Å². The van der Waals surface area contributed by atoms with Gasteiger partial charge in [0.1, 0.15) is 5.69 Å². The van der Waals surface area contributed by atoms with Gasteiger partial charge in [-0.1, -0.05) is 186 Å². The van der Waals surface area contributed by atoms with Gasteiger partial charge < -0.3 is 23.5 Å². The zero-order chi connectivity index (χ0) is 40.4. The molecule has 6 heteroatoms. The first-order valence-corrected chi connectivity index (χ1v) is 23.3. The average Bonchev–Trinajstić information content (AvgIpc) is 3.69. The van der Waals surface area contributed by atoms with Gasteiger partial charge in [0.25, 0.3) is 0 Å². The highest BCUT2D eigenvalue weighted by atomic mass is 16.5. The molecule has 0 aliphatic carbocycles. The molecule has 0 unspecified atom stereocenters. The highest BCUT2D eigenvalue weighted by molar-refractivity contribution is 5.72. The first kappa shape index (κ1) is 47.7. The second-order valence-electron chi connectivity index (χ2n) is 15.7. The van der Waals surface area contributed by atoms with Crippen LogP contribution >= 0.6 is 0 Å². The maximum Gasteiger partial charge on any atom is 0.161 e. The molecule has 0 aliphatic rings. The van der Waals surface area contributed by atoms with Crippen LogP contribution in [0.5, 0.6) is 23.0 Å². The molecule has 2 aromatic carbocycles. The molecule has 318 valence electrons. The third-order valence-electron chi connectivity index (χ3n) is 10.4. The Morgan fingerprint density at radius 1 is 0.386 bits per heavy atom. The van der Waals surface area contributed by atoms with Crippen molar-refractivity contribution in [2.24, 2.45) is 0 Å². The number of aromatic nitrogens is 1. The summed E-state index contributed by atoms with van der Waals surface area (Å²) in [5, 5.41) is 4.31. The van der Waals surface area contributed by atoms with Crippen molar-refractivity contribution in [2.45, 2.75) is 182 Å². The van der Waals surface area contributed by atoms with Crippen molar-refractivity contribution in [2.75, 3.05) is 26.4 Å². The first-order chi connectivity index (χ1) is 28.2. The van der Waals surface area contributed by atoms with Crippen molar-refractivity contribution in [1.29, 1.82) is 0 Å². The summed E-state index contributed by atoms with van der Waals surface area (Å²) in [5.41, 5.74) is 2.82. The highest BCUT2D eigenvalue weighted by Crippen LogP contribution is 2.31. The Bertz CT molecular complexity index is 1370. The maximum atomic E-state index is 6.31. The van der Waals surface area contributed by atoms with E-state index in [1.807, 2.05) is 36.4 Å². The Labute approximate surface area is 348 Å². The minimum atomic E-state index is 0.689. The Kier molecular flexibility index (Phi) is 27.0. The van der Waals surface area contributed by atoms with Crippen molar-refractivity contribution in [1.82, 2.24) is 5.16 Å². The van der Waals surface area contributed by atoms with Crippen LogP contribution in [0.3, 0.4) is 0 Å². The fourth-order valence-electron chi connectivity index (χ4n) is 6.80. The number of rotatable bonds is 36. The van der Waals surface area contributed by atoms with Crippen LogP contribution in [0.2, 0.25) is 0 Å². The number of unbranched alkanes of at least 4 members (excludes halogenated alkanes) is 20. The fourth-order valence-corrected chi connectivity index (χ4v) is 6.80. The summed E-state index contributed by atoms with van der Waals surface area (Å²) >= 11 is 0. The molecule has 6 nitrogen and oxygen atoms in total. The molecule has 0 saturated heterocycles. The van der Waals surface area contributed by atoms with E-state index in [-0.39, 0.29) is 0 Å². The van der Waals surface area contributed by atoms with Crippen molar-refractivity contribution in [3.63, 3.8) is 0 Å². The molecule has 0 bridgehead atoms. The lowest BCUT2D eigenvalue weighted by molar-refractivity contribution is 0.258. The van der Waals surface area contributed by atoms with E-state index < -0.39 is 0 Å². The summed E-state index contributed by atoms with van der Waals surface area (Å²) in [7, 11) is 0. The normalized spacial score (nSPS) is 11.6. The van der Waals surface area contributed by atoms with E-state index in [1.165, 1.54) is 128 Å². The summed E-state index contributed by atoms with van der Waals surface area (Å²) in [5.74, 6) is 3.97. The number of ether oxygens (including phenoxy) is 4. The van der Waals surface area contributed by atoms with E-state index >= 15 is 0 Å². The third kappa shape index (κ3) is 22.2. The van der Waals surface area contributed by atoms with Crippen molar-refractivity contribution < 1.29 is 23.5 Å². The largest absolute Gasteiger partial charge is 0.490 e. The monoisotopic (exact) mass is 786 g/mol. The number of nitrogens with zero attached hydrogens (tertiary/aromatic N) is 1. The molecule has 0 fully saturated rings. The van der Waals surface area contributed by atoms with Gasteiger partial charge in [-0.3, -0.25) is 0 Å². The van der Waals surface area contributed by atoms with Gasteiger partial charge in [-0.2, -0.15) is 0 Å². The standard InChI is InChI=1S/C51H79NO5/c1-5-9-13-17-21-25-37-53-48-35-31-44(41-50(48)55-39-27-23-19-15-11-7-3)29-33-46-43-47(57-52-46)34-30-45-32-36-49(54-38-26-22-18-14-10-6-2)51(42-45)56-40-28-24-20-16-12-8-4/h29-36,41-43H,5-28,37-40H2,1-4H3/b33-29+,34-30+. The molecule has 0 aliphatic heterocycles. The Hall–Kier alpha value is -3.67. The molecule has 0 spiro atoms. The lowest BCUT2D eigenvalue weighted by atomic mass is 10.1. The quantitative estimate of drug-likeness (QED) is 0.0547. The van der Waals surface area contributed by atoms with Crippen LogP contribution in [0.4, 0.5) is 0 Å². The number of hydrogen-bond donors (Lipinski definition) is 0. The summed E-state index contributed by atoms with van der Waals surface area (Å²) in [4.78, 5) is 0. The molecular formula is C51H79NO5. The van der Waals surface area contributed by atoms with E-state index in [0.717, 1.165) is 65.5 Å². The average molecular weight is 786 g/mol. The molecular weight excluding hydrogens is 707 g/mol. The minimum Gasteiger partial charge on any atom is -0.490 e. The maximum absolute atomic E-state index is 6.31. The predicted molar refractivity (Wildman–Crippen MR) is 243 cm³/mol. The van der Waals surface area contributed by atoms with Crippen LogP contribution in [0.1, 0.15) is 204 Å². The topological polar surface area (TPSA) is 63.0 Å². The Morgan fingerprint density at radius 3 is 1.14 bits per heavy atom. The zero-order valence-electron chi connectivity index (χ0n) is 36.6. The summed E-state index contributed by atoms with van der Waals surface area (Å²) < 4.78 is 30.8. The van der Waals surface area contributed by atoms with Crippen molar-refractivity contribution in [3.05, 3.63) is 65.0 Å². The van der Waals surface area contributed by atoms with Gasteiger partial charge >= 0.3 is 0 Å². The summed E-state index contributed by atoms with van der Waals surface area (Å²) in [6, 6.07) is 14.4. The Balaban J connectivity index is 1.60. The van der Waals surface area contributed by atoms with Gasteiger partial charge in [-0.05, 0) is 73.2 Å². The van der Waals surface area contributed by atoms with Gasteiger partial charge in [-0.15, -0.1) is 0 Å². The Morgan fingerprint density at radius 2 is 0.737 bits per heavy atom. The summed E-state index contributed by atoms with van der Waals surface area (Å²) in [6.07, 6.45) is 37.8. The molecule has 0 atom stereocenters. The van der Waals surface area contributed by atoms with Crippen molar-refractivity contribution in [3.8, 4) is 23.0 Å². The van der Waals surface area contributed by atoms with Crippen LogP contribution < -0.4 is 18.9 Å². The molecule has 0 N–H and O–H groups in total. The second kappa shape index (κ2) is 32.3. The fraction of sp³-hybridized carbons (Fsp3) is 0.627. The molecule has 0 amide bonds. The molecule has 1 heterocycles. The predicted octanol–water partition coefficient (Wildman–Crippen LogP) is 16.0. The second-order valence-corrected chi connectivity index (χ2v) is 15.7. The first-order valence-electron chi connectivity index (χ1n) is 23.3. The molecule has 57 heavy (non-hydrogen) atoms. The van der Waals surface area contributed by atoms with Gasteiger partial charge in [0, 0.05) is 6.07 Å². The minimum absolute atomic E-state index is 0.689.